The Labute approximate surface area is 159 Å². The molecule has 1 aliphatic rings. The van der Waals surface area contributed by atoms with Gasteiger partial charge in [-0.1, -0.05) is 28.4 Å². The third-order valence-corrected chi connectivity index (χ3v) is 5.14. The SMILES string of the molecule is C[C@@H]1CC[C@H](c2nc(-c3cc(Cl)c[nH]3)no2)CN1C(=O)c1cc(Cl)c[nH]1. The minimum Gasteiger partial charge on any atom is -0.357 e. The topological polar surface area (TPSA) is 90.8 Å². The molecule has 2 N–H and O–H groups in total. The van der Waals surface area contributed by atoms with Gasteiger partial charge in [0.05, 0.1) is 21.7 Å². The molecule has 0 spiro atoms. The van der Waals surface area contributed by atoms with E-state index in [9.17, 15) is 4.79 Å². The smallest absolute Gasteiger partial charge is 0.270 e. The molecule has 0 bridgehead atoms. The molecule has 1 aliphatic heterocycles. The summed E-state index contributed by atoms with van der Waals surface area (Å²) in [7, 11) is 0. The Morgan fingerprint density at radius 2 is 2.00 bits per heavy atom. The van der Waals surface area contributed by atoms with Crippen LogP contribution in [0.5, 0.6) is 0 Å². The molecule has 0 aliphatic carbocycles. The number of nitrogens with zero attached hydrogens (tertiary/aromatic N) is 3. The van der Waals surface area contributed by atoms with E-state index in [0.29, 0.717) is 39.7 Å². The number of carbonyl (C=O) groups excluding carboxylic acids is 1. The Balaban J connectivity index is 1.53. The normalized spacial score (nSPS) is 20.5. The third-order valence-electron chi connectivity index (χ3n) is 4.70. The summed E-state index contributed by atoms with van der Waals surface area (Å²) in [5.41, 5.74) is 1.18. The van der Waals surface area contributed by atoms with Crippen LogP contribution >= 0.6 is 23.2 Å². The number of rotatable bonds is 3. The number of H-pyrrole nitrogens is 2. The number of halogens is 2. The van der Waals surface area contributed by atoms with Gasteiger partial charge in [-0.05, 0) is 31.9 Å². The van der Waals surface area contributed by atoms with Gasteiger partial charge in [0.1, 0.15) is 5.69 Å². The van der Waals surface area contributed by atoms with E-state index >= 15 is 0 Å². The number of nitrogens with one attached hydrogen (secondary N) is 2. The van der Waals surface area contributed by atoms with Crippen LogP contribution in [0.4, 0.5) is 0 Å². The fourth-order valence-electron chi connectivity index (χ4n) is 3.25. The van der Waals surface area contributed by atoms with E-state index in [-0.39, 0.29) is 17.9 Å². The molecule has 0 aromatic carbocycles. The van der Waals surface area contributed by atoms with Gasteiger partial charge in [0.2, 0.25) is 11.7 Å². The van der Waals surface area contributed by atoms with Crippen molar-refractivity contribution >= 4 is 29.1 Å². The lowest BCUT2D eigenvalue weighted by atomic mass is 9.93. The lowest BCUT2D eigenvalue weighted by molar-refractivity contribution is 0.0588. The van der Waals surface area contributed by atoms with Crippen molar-refractivity contribution in [3.05, 3.63) is 46.2 Å². The monoisotopic (exact) mass is 393 g/mol. The van der Waals surface area contributed by atoms with Crippen molar-refractivity contribution in [1.82, 2.24) is 25.0 Å². The van der Waals surface area contributed by atoms with Crippen molar-refractivity contribution in [3.8, 4) is 11.5 Å². The Hall–Kier alpha value is -2.25. The van der Waals surface area contributed by atoms with Crippen LogP contribution < -0.4 is 0 Å². The van der Waals surface area contributed by atoms with Crippen molar-refractivity contribution in [3.63, 3.8) is 0 Å². The largest absolute Gasteiger partial charge is 0.357 e. The van der Waals surface area contributed by atoms with E-state index in [1.807, 2.05) is 11.8 Å². The van der Waals surface area contributed by atoms with Gasteiger partial charge < -0.3 is 19.4 Å². The minimum atomic E-state index is -0.0787. The highest BCUT2D eigenvalue weighted by atomic mass is 35.5. The Kier molecular flexibility index (Phi) is 4.50. The molecular weight excluding hydrogens is 377 g/mol. The molecule has 1 saturated heterocycles. The van der Waals surface area contributed by atoms with Crippen LogP contribution in [0.3, 0.4) is 0 Å². The number of carbonyl (C=O) groups is 1. The minimum absolute atomic E-state index is 0.00716. The first kappa shape index (κ1) is 17.2. The fourth-order valence-corrected chi connectivity index (χ4v) is 3.57. The average molecular weight is 394 g/mol. The number of amides is 1. The molecule has 3 aromatic heterocycles. The second-order valence-electron chi connectivity index (χ2n) is 6.50. The maximum atomic E-state index is 12.8. The van der Waals surface area contributed by atoms with Gasteiger partial charge in [-0.15, -0.1) is 0 Å². The van der Waals surface area contributed by atoms with Crippen LogP contribution in [0.25, 0.3) is 11.5 Å². The molecule has 4 heterocycles. The van der Waals surface area contributed by atoms with Crippen LogP contribution in [0.2, 0.25) is 10.0 Å². The third kappa shape index (κ3) is 3.24. The van der Waals surface area contributed by atoms with Gasteiger partial charge in [0, 0.05) is 25.0 Å². The summed E-state index contributed by atoms with van der Waals surface area (Å²) in [6.07, 6.45) is 5.00. The highest BCUT2D eigenvalue weighted by Gasteiger charge is 2.33. The van der Waals surface area contributed by atoms with Crippen LogP contribution in [0.1, 0.15) is 42.1 Å². The molecule has 2 atom stereocenters. The zero-order valence-electron chi connectivity index (χ0n) is 14.0. The summed E-state index contributed by atoms with van der Waals surface area (Å²) >= 11 is 11.8. The number of aromatic amines is 2. The predicted octanol–water partition coefficient (Wildman–Crippen LogP) is 4.11. The van der Waals surface area contributed by atoms with Gasteiger partial charge in [-0.2, -0.15) is 4.98 Å². The van der Waals surface area contributed by atoms with E-state index < -0.39 is 0 Å². The molecular formula is C17H17Cl2N5O2. The van der Waals surface area contributed by atoms with Crippen molar-refractivity contribution < 1.29 is 9.32 Å². The number of hydrogen-bond donors (Lipinski definition) is 2. The van der Waals surface area contributed by atoms with E-state index in [0.717, 1.165) is 12.8 Å². The number of aromatic nitrogens is 4. The van der Waals surface area contributed by atoms with Crippen molar-refractivity contribution in [1.29, 1.82) is 0 Å². The summed E-state index contributed by atoms with van der Waals surface area (Å²) in [5, 5.41) is 5.12. The lowest BCUT2D eigenvalue weighted by Crippen LogP contribution is -2.45. The summed E-state index contributed by atoms with van der Waals surface area (Å²) in [5.74, 6) is 0.900. The first-order valence-electron chi connectivity index (χ1n) is 8.34. The number of hydrogen-bond acceptors (Lipinski definition) is 4. The summed E-state index contributed by atoms with van der Waals surface area (Å²) < 4.78 is 5.45. The summed E-state index contributed by atoms with van der Waals surface area (Å²) in [6.45, 7) is 2.56. The molecule has 1 fully saturated rings. The van der Waals surface area contributed by atoms with Gasteiger partial charge in [0.15, 0.2) is 0 Å². The zero-order chi connectivity index (χ0) is 18.3. The van der Waals surface area contributed by atoms with Gasteiger partial charge in [0.25, 0.3) is 5.91 Å². The maximum Gasteiger partial charge on any atom is 0.270 e. The van der Waals surface area contributed by atoms with Crippen LogP contribution in [-0.2, 0) is 0 Å². The van der Waals surface area contributed by atoms with Crippen LogP contribution in [-0.4, -0.2) is 43.5 Å². The summed E-state index contributed by atoms with van der Waals surface area (Å²) in [6, 6.07) is 3.51. The molecule has 9 heteroatoms. The second-order valence-corrected chi connectivity index (χ2v) is 7.37. The molecule has 0 unspecified atom stereocenters. The first-order chi connectivity index (χ1) is 12.5. The quantitative estimate of drug-likeness (QED) is 0.700. The zero-order valence-corrected chi connectivity index (χ0v) is 15.5. The summed E-state index contributed by atoms with van der Waals surface area (Å²) in [4.78, 5) is 25.0. The van der Waals surface area contributed by atoms with Crippen molar-refractivity contribution in [2.75, 3.05) is 6.54 Å². The molecule has 7 nitrogen and oxygen atoms in total. The molecule has 0 saturated carbocycles. The van der Waals surface area contributed by atoms with Crippen molar-refractivity contribution in [2.24, 2.45) is 0 Å². The molecule has 26 heavy (non-hydrogen) atoms. The molecule has 136 valence electrons. The van der Waals surface area contributed by atoms with Crippen molar-refractivity contribution in [2.45, 2.75) is 31.7 Å². The van der Waals surface area contributed by atoms with E-state index in [1.54, 1.807) is 24.5 Å². The van der Waals surface area contributed by atoms with Crippen LogP contribution in [0, 0.1) is 0 Å². The predicted molar refractivity (Wildman–Crippen MR) is 97.4 cm³/mol. The Morgan fingerprint density at radius 1 is 1.23 bits per heavy atom. The average Bonchev–Trinajstić information content (AvgIpc) is 3.35. The van der Waals surface area contributed by atoms with Crippen LogP contribution in [0.15, 0.2) is 29.0 Å². The number of likely N-dealkylation sites (tertiary alicyclic amines) is 1. The Morgan fingerprint density at radius 3 is 2.69 bits per heavy atom. The molecule has 1 amide bonds. The Bertz CT molecular complexity index is 931. The molecule has 0 radical (unpaired) electrons. The molecule has 3 aromatic rings. The van der Waals surface area contributed by atoms with E-state index in [2.05, 4.69) is 20.1 Å². The van der Waals surface area contributed by atoms with E-state index in [4.69, 9.17) is 27.7 Å². The first-order valence-corrected chi connectivity index (χ1v) is 9.09. The highest BCUT2D eigenvalue weighted by molar-refractivity contribution is 6.31. The fraction of sp³-hybridized carbons (Fsp3) is 0.353. The van der Waals surface area contributed by atoms with Gasteiger partial charge >= 0.3 is 0 Å². The van der Waals surface area contributed by atoms with E-state index in [1.165, 1.54) is 0 Å². The number of piperidine rings is 1. The van der Waals surface area contributed by atoms with Gasteiger partial charge in [-0.3, -0.25) is 4.79 Å². The molecule has 4 rings (SSSR count). The lowest BCUT2D eigenvalue weighted by Gasteiger charge is -2.36. The van der Waals surface area contributed by atoms with Gasteiger partial charge in [-0.25, -0.2) is 0 Å². The maximum absolute atomic E-state index is 12.8. The second kappa shape index (κ2) is 6.81. The highest BCUT2D eigenvalue weighted by Crippen LogP contribution is 2.31. The standard InChI is InChI=1S/C17H17Cl2N5O2/c1-9-2-3-10(8-24(9)17(25)14-5-12(19)7-21-14)16-22-15(23-26-16)13-4-11(18)6-20-13/h4-7,9-10,20-21H,2-3,8H2,1H3/t9-,10+/m1/s1.